The Labute approximate surface area is 190 Å². The summed E-state index contributed by atoms with van der Waals surface area (Å²) in [4.78, 5) is 16.8. The maximum Gasteiger partial charge on any atom is 0.407 e. The number of carbonyl (C=O) groups is 1. The van der Waals surface area contributed by atoms with E-state index in [1.807, 2.05) is 32.9 Å². The highest BCUT2D eigenvalue weighted by Crippen LogP contribution is 2.33. The van der Waals surface area contributed by atoms with E-state index in [-0.39, 0.29) is 36.1 Å². The number of furan rings is 1. The predicted octanol–water partition coefficient (Wildman–Crippen LogP) is 2.93. The number of alkyl carbamates (subject to hydrolysis) is 1. The van der Waals surface area contributed by atoms with Gasteiger partial charge in [0, 0.05) is 26.6 Å². The first-order valence-electron chi connectivity index (χ1n) is 9.90. The van der Waals surface area contributed by atoms with Crippen LogP contribution < -0.4 is 16.0 Å². The van der Waals surface area contributed by atoms with Crippen LogP contribution in [0.1, 0.15) is 39.4 Å². The van der Waals surface area contributed by atoms with Gasteiger partial charge in [0.05, 0.1) is 25.5 Å². The largest absolute Gasteiger partial charge is 0.469 e. The van der Waals surface area contributed by atoms with Gasteiger partial charge in [-0.2, -0.15) is 0 Å². The number of halogens is 1. The van der Waals surface area contributed by atoms with Crippen molar-refractivity contribution in [2.75, 3.05) is 33.4 Å². The van der Waals surface area contributed by atoms with Crippen molar-refractivity contribution < 1.29 is 18.7 Å². The summed E-state index contributed by atoms with van der Waals surface area (Å²) >= 11 is 0. The molecule has 1 aromatic heterocycles. The summed E-state index contributed by atoms with van der Waals surface area (Å²) in [5.41, 5.74) is -0.512. The van der Waals surface area contributed by atoms with Crippen LogP contribution >= 0.6 is 24.0 Å². The summed E-state index contributed by atoms with van der Waals surface area (Å²) in [5.74, 6) is 2.08. The number of rotatable bonds is 10. The summed E-state index contributed by atoms with van der Waals surface area (Å²) < 4.78 is 15.8. The Morgan fingerprint density at radius 1 is 1.31 bits per heavy atom. The molecule has 3 N–H and O–H groups in total. The molecule has 1 aliphatic rings. The van der Waals surface area contributed by atoms with Gasteiger partial charge < -0.3 is 29.8 Å². The lowest BCUT2D eigenvalue weighted by molar-refractivity contribution is 0.0500. The highest BCUT2D eigenvalue weighted by atomic mass is 127. The maximum atomic E-state index is 12.1. The molecule has 1 fully saturated rings. The van der Waals surface area contributed by atoms with E-state index in [1.54, 1.807) is 13.4 Å². The van der Waals surface area contributed by atoms with Gasteiger partial charge in [0.25, 0.3) is 0 Å². The number of amides is 1. The van der Waals surface area contributed by atoms with Gasteiger partial charge in [-0.3, -0.25) is 4.99 Å². The van der Waals surface area contributed by atoms with E-state index < -0.39 is 5.60 Å². The molecule has 1 aliphatic carbocycles. The van der Waals surface area contributed by atoms with Crippen molar-refractivity contribution in [1.29, 1.82) is 0 Å². The lowest BCUT2D eigenvalue weighted by Crippen LogP contribution is -2.44. The first kappa shape index (κ1) is 25.5. The number of ether oxygens (including phenoxy) is 2. The molecule has 1 heterocycles. The van der Waals surface area contributed by atoms with Crippen molar-refractivity contribution in [3.63, 3.8) is 0 Å². The van der Waals surface area contributed by atoms with Crippen LogP contribution in [0.5, 0.6) is 0 Å². The molecule has 0 aliphatic heterocycles. The standard InChI is InChI=1S/C20H34N4O4.HI/c1-20(2,3)28-19(25)24-17(15-7-8-15)14-23-18(22-11-13-26-4)21-10-9-16-6-5-12-27-16;/h5-6,12,15,17H,7-11,13-14H2,1-4H3,(H,24,25)(H2,21,22,23);1H. The van der Waals surface area contributed by atoms with E-state index in [2.05, 4.69) is 20.9 Å². The van der Waals surface area contributed by atoms with Crippen LogP contribution in [-0.2, 0) is 15.9 Å². The van der Waals surface area contributed by atoms with E-state index >= 15 is 0 Å². The molecule has 1 amide bonds. The van der Waals surface area contributed by atoms with Gasteiger partial charge in [0.1, 0.15) is 11.4 Å². The van der Waals surface area contributed by atoms with Gasteiger partial charge >= 0.3 is 6.09 Å². The van der Waals surface area contributed by atoms with Gasteiger partial charge in [0.15, 0.2) is 5.96 Å². The summed E-state index contributed by atoms with van der Waals surface area (Å²) in [5, 5.41) is 9.52. The normalized spacial score (nSPS) is 15.2. The van der Waals surface area contributed by atoms with Crippen molar-refractivity contribution in [2.24, 2.45) is 10.9 Å². The van der Waals surface area contributed by atoms with Crippen LogP contribution in [0.3, 0.4) is 0 Å². The van der Waals surface area contributed by atoms with Gasteiger partial charge in [0.2, 0.25) is 0 Å². The topological polar surface area (TPSA) is 97.1 Å². The average Bonchev–Trinajstić information content (AvgIpc) is 3.33. The van der Waals surface area contributed by atoms with E-state index in [1.165, 1.54) is 0 Å². The van der Waals surface area contributed by atoms with Crippen molar-refractivity contribution >= 4 is 36.0 Å². The molecule has 166 valence electrons. The van der Waals surface area contributed by atoms with Crippen LogP contribution in [-0.4, -0.2) is 57.0 Å². The SMILES string of the molecule is COCCNC(=NCC(NC(=O)OC(C)(C)C)C1CC1)NCCc1ccco1.I. The highest BCUT2D eigenvalue weighted by molar-refractivity contribution is 14.0. The first-order chi connectivity index (χ1) is 13.4. The zero-order valence-electron chi connectivity index (χ0n) is 17.8. The fourth-order valence-electron chi connectivity index (χ4n) is 2.66. The Bertz CT molecular complexity index is 612. The van der Waals surface area contributed by atoms with Crippen molar-refractivity contribution in [3.05, 3.63) is 24.2 Å². The average molecular weight is 522 g/mol. The zero-order chi connectivity index (χ0) is 20.4. The summed E-state index contributed by atoms with van der Waals surface area (Å²) in [6.07, 6.45) is 4.26. The highest BCUT2D eigenvalue weighted by Gasteiger charge is 2.33. The molecule has 1 saturated carbocycles. The molecule has 1 aromatic rings. The minimum atomic E-state index is -0.512. The minimum Gasteiger partial charge on any atom is -0.469 e. The molecule has 0 spiro atoms. The number of hydrogen-bond donors (Lipinski definition) is 3. The number of aliphatic imine (C=N–C) groups is 1. The zero-order valence-corrected chi connectivity index (χ0v) is 20.2. The summed E-state index contributed by atoms with van der Waals surface area (Å²) in [6, 6.07) is 3.80. The van der Waals surface area contributed by atoms with Crippen molar-refractivity contribution in [1.82, 2.24) is 16.0 Å². The minimum absolute atomic E-state index is 0. The molecule has 1 unspecified atom stereocenters. The first-order valence-corrected chi connectivity index (χ1v) is 9.90. The summed E-state index contributed by atoms with van der Waals surface area (Å²) in [6.45, 7) is 8.00. The number of carbonyl (C=O) groups excluding carboxylic acids is 1. The van der Waals surface area contributed by atoms with Gasteiger partial charge in [-0.15, -0.1) is 24.0 Å². The molecule has 0 saturated heterocycles. The van der Waals surface area contributed by atoms with Crippen LogP contribution in [0.15, 0.2) is 27.8 Å². The Balaban J connectivity index is 0.00000420. The van der Waals surface area contributed by atoms with Crippen LogP contribution in [0, 0.1) is 5.92 Å². The number of hydrogen-bond acceptors (Lipinski definition) is 5. The Hall–Kier alpha value is -1.49. The predicted molar refractivity (Wildman–Crippen MR) is 124 cm³/mol. The van der Waals surface area contributed by atoms with Crippen LogP contribution in [0.2, 0.25) is 0 Å². The number of guanidine groups is 1. The van der Waals surface area contributed by atoms with Crippen LogP contribution in [0.25, 0.3) is 0 Å². The third kappa shape index (κ3) is 11.3. The Morgan fingerprint density at radius 3 is 2.62 bits per heavy atom. The fraction of sp³-hybridized carbons (Fsp3) is 0.700. The molecule has 8 nitrogen and oxygen atoms in total. The van der Waals surface area contributed by atoms with Gasteiger partial charge in [-0.1, -0.05) is 0 Å². The number of nitrogens with zero attached hydrogens (tertiary/aromatic N) is 1. The van der Waals surface area contributed by atoms with Crippen LogP contribution in [0.4, 0.5) is 4.79 Å². The third-order valence-electron chi connectivity index (χ3n) is 4.18. The second kappa shape index (κ2) is 12.9. The fourth-order valence-corrected chi connectivity index (χ4v) is 2.66. The quantitative estimate of drug-likeness (QED) is 0.189. The molecule has 0 bridgehead atoms. The Kier molecular flexibility index (Phi) is 11.4. The van der Waals surface area contributed by atoms with E-state index in [0.29, 0.717) is 38.1 Å². The smallest absolute Gasteiger partial charge is 0.407 e. The molecule has 0 aromatic carbocycles. The van der Waals surface area contributed by atoms with E-state index in [9.17, 15) is 4.79 Å². The molecular weight excluding hydrogens is 487 g/mol. The second-order valence-electron chi connectivity index (χ2n) is 7.96. The Morgan fingerprint density at radius 2 is 2.03 bits per heavy atom. The van der Waals surface area contributed by atoms with Gasteiger partial charge in [-0.05, 0) is 51.7 Å². The summed E-state index contributed by atoms with van der Waals surface area (Å²) in [7, 11) is 1.66. The van der Waals surface area contributed by atoms with E-state index in [4.69, 9.17) is 13.9 Å². The molecule has 1 atom stereocenters. The number of nitrogens with one attached hydrogen (secondary N) is 3. The molecular formula is C20H35IN4O4. The molecule has 29 heavy (non-hydrogen) atoms. The maximum absolute atomic E-state index is 12.1. The molecule has 9 heteroatoms. The number of methoxy groups -OCH3 is 1. The van der Waals surface area contributed by atoms with E-state index in [0.717, 1.165) is 25.0 Å². The lowest BCUT2D eigenvalue weighted by atomic mass is 10.2. The van der Waals surface area contributed by atoms with Gasteiger partial charge in [-0.25, -0.2) is 4.79 Å². The monoisotopic (exact) mass is 522 g/mol. The third-order valence-corrected chi connectivity index (χ3v) is 4.18. The van der Waals surface area contributed by atoms with Crippen molar-refractivity contribution in [3.8, 4) is 0 Å². The lowest BCUT2D eigenvalue weighted by Gasteiger charge is -2.23. The molecule has 2 rings (SSSR count). The van der Waals surface area contributed by atoms with Crippen molar-refractivity contribution in [2.45, 2.75) is 51.7 Å². The second-order valence-corrected chi connectivity index (χ2v) is 7.96. The molecule has 0 radical (unpaired) electrons.